The van der Waals surface area contributed by atoms with E-state index in [2.05, 4.69) is 10.2 Å². The minimum absolute atomic E-state index is 0.0821. The third-order valence-corrected chi connectivity index (χ3v) is 4.55. The third-order valence-electron chi connectivity index (χ3n) is 3.76. The number of thioether (sulfide) groups is 1. The fraction of sp³-hybridized carbons (Fsp3) is 0.0556. The van der Waals surface area contributed by atoms with E-state index >= 15 is 0 Å². The Kier molecular flexibility index (Phi) is 4.62. The maximum Gasteiger partial charge on any atom is 0.343 e. The lowest BCUT2D eigenvalue weighted by Gasteiger charge is -2.11. The summed E-state index contributed by atoms with van der Waals surface area (Å²) in [7, 11) is 0. The van der Waals surface area contributed by atoms with Crippen molar-refractivity contribution in [2.24, 2.45) is 0 Å². The van der Waals surface area contributed by atoms with Crippen LogP contribution < -0.4 is 0 Å². The van der Waals surface area contributed by atoms with E-state index in [1.165, 1.54) is 36.4 Å². The number of amides is 2. The van der Waals surface area contributed by atoms with Crippen molar-refractivity contribution in [3.05, 3.63) is 65.5 Å². The molecule has 0 saturated heterocycles. The molecule has 2 heterocycles. The molecule has 0 spiro atoms. The van der Waals surface area contributed by atoms with E-state index in [-0.39, 0.29) is 28.0 Å². The number of imide groups is 1. The SMILES string of the molecule is O=C(CSc1nnc(-c2ccc(F)cc2)o1)ON1C(=O)c2ccccc2C1=O. The minimum atomic E-state index is -0.832. The highest BCUT2D eigenvalue weighted by Crippen LogP contribution is 2.25. The Balaban J connectivity index is 1.36. The average Bonchev–Trinajstić information content (AvgIpc) is 3.27. The van der Waals surface area contributed by atoms with Crippen molar-refractivity contribution >= 4 is 29.5 Å². The van der Waals surface area contributed by atoms with Crippen LogP contribution >= 0.6 is 11.8 Å². The molecule has 10 heteroatoms. The van der Waals surface area contributed by atoms with Crippen molar-refractivity contribution in [1.29, 1.82) is 0 Å². The predicted octanol–water partition coefficient (Wildman–Crippen LogP) is 2.72. The molecule has 0 fully saturated rings. The Labute approximate surface area is 161 Å². The number of benzene rings is 2. The number of hydrogen-bond acceptors (Lipinski definition) is 8. The molecule has 2 aromatic carbocycles. The number of rotatable bonds is 5. The second-order valence-corrected chi connectivity index (χ2v) is 6.51. The molecule has 0 unspecified atom stereocenters. The number of aromatic nitrogens is 2. The summed E-state index contributed by atoms with van der Waals surface area (Å²) in [6.45, 7) is 0. The molecular weight excluding hydrogens is 389 g/mol. The highest BCUT2D eigenvalue weighted by Gasteiger charge is 2.38. The van der Waals surface area contributed by atoms with E-state index in [4.69, 9.17) is 9.25 Å². The van der Waals surface area contributed by atoms with Gasteiger partial charge in [-0.15, -0.1) is 10.2 Å². The summed E-state index contributed by atoms with van der Waals surface area (Å²) in [5, 5.41) is 8.11. The van der Waals surface area contributed by atoms with Gasteiger partial charge in [-0.2, -0.15) is 0 Å². The van der Waals surface area contributed by atoms with Crippen LogP contribution in [0, 0.1) is 5.82 Å². The van der Waals surface area contributed by atoms with Crippen LogP contribution in [0.2, 0.25) is 0 Å². The Morgan fingerprint density at radius 3 is 2.32 bits per heavy atom. The molecule has 0 aliphatic carbocycles. The molecule has 28 heavy (non-hydrogen) atoms. The van der Waals surface area contributed by atoms with Crippen LogP contribution in [0.1, 0.15) is 20.7 Å². The summed E-state index contributed by atoms with van der Waals surface area (Å²) < 4.78 is 18.3. The van der Waals surface area contributed by atoms with E-state index in [0.717, 1.165) is 11.8 Å². The minimum Gasteiger partial charge on any atom is -0.411 e. The molecule has 0 saturated carbocycles. The van der Waals surface area contributed by atoms with Gasteiger partial charge in [0, 0.05) is 5.56 Å². The largest absolute Gasteiger partial charge is 0.411 e. The summed E-state index contributed by atoms with van der Waals surface area (Å²) in [4.78, 5) is 41.2. The first kappa shape index (κ1) is 17.9. The van der Waals surface area contributed by atoms with Crippen LogP contribution in [0.25, 0.3) is 11.5 Å². The zero-order valence-electron chi connectivity index (χ0n) is 14.0. The summed E-state index contributed by atoms with van der Waals surface area (Å²) in [5.41, 5.74) is 0.872. The van der Waals surface area contributed by atoms with Gasteiger partial charge in [-0.05, 0) is 36.4 Å². The molecule has 1 aliphatic rings. The average molecular weight is 399 g/mol. The van der Waals surface area contributed by atoms with Crippen molar-refractivity contribution < 1.29 is 28.0 Å². The number of fused-ring (bicyclic) bond motifs is 1. The van der Waals surface area contributed by atoms with Crippen LogP contribution in [0.3, 0.4) is 0 Å². The van der Waals surface area contributed by atoms with E-state index in [1.807, 2.05) is 0 Å². The quantitative estimate of drug-likeness (QED) is 0.477. The lowest BCUT2D eigenvalue weighted by Crippen LogP contribution is -2.33. The van der Waals surface area contributed by atoms with Crippen molar-refractivity contribution in [3.63, 3.8) is 0 Å². The maximum absolute atomic E-state index is 13.0. The fourth-order valence-corrected chi connectivity index (χ4v) is 3.01. The van der Waals surface area contributed by atoms with E-state index in [9.17, 15) is 18.8 Å². The number of nitrogens with zero attached hydrogens (tertiary/aromatic N) is 3. The second-order valence-electron chi connectivity index (χ2n) is 5.58. The van der Waals surface area contributed by atoms with Gasteiger partial charge < -0.3 is 9.25 Å². The van der Waals surface area contributed by atoms with Crippen molar-refractivity contribution in [3.8, 4) is 11.5 Å². The lowest BCUT2D eigenvalue weighted by molar-refractivity contribution is -0.165. The molecule has 0 bridgehead atoms. The van der Waals surface area contributed by atoms with Crippen molar-refractivity contribution in [2.75, 3.05) is 5.75 Å². The molecule has 0 N–H and O–H groups in total. The normalized spacial score (nSPS) is 13.0. The summed E-state index contributed by atoms with van der Waals surface area (Å²) in [6, 6.07) is 11.7. The van der Waals surface area contributed by atoms with Gasteiger partial charge in [0.15, 0.2) is 0 Å². The van der Waals surface area contributed by atoms with Crippen LogP contribution in [-0.2, 0) is 9.63 Å². The molecule has 140 valence electrons. The fourth-order valence-electron chi connectivity index (χ4n) is 2.48. The highest BCUT2D eigenvalue weighted by molar-refractivity contribution is 7.99. The van der Waals surface area contributed by atoms with Gasteiger partial charge in [-0.1, -0.05) is 29.0 Å². The lowest BCUT2D eigenvalue weighted by atomic mass is 10.1. The topological polar surface area (TPSA) is 103 Å². The van der Waals surface area contributed by atoms with Crippen LogP contribution in [-0.4, -0.2) is 38.8 Å². The molecule has 1 aliphatic heterocycles. The summed E-state index contributed by atoms with van der Waals surface area (Å²) in [6.07, 6.45) is 0. The predicted molar refractivity (Wildman–Crippen MR) is 93.5 cm³/mol. The Bertz CT molecular complexity index is 1050. The maximum atomic E-state index is 13.0. The van der Waals surface area contributed by atoms with Crippen LogP contribution in [0.15, 0.2) is 58.2 Å². The molecule has 2 amide bonds. The number of hydrogen-bond donors (Lipinski definition) is 0. The number of carbonyl (C=O) groups is 3. The van der Waals surface area contributed by atoms with Gasteiger partial charge in [0.05, 0.1) is 11.1 Å². The number of halogens is 1. The van der Waals surface area contributed by atoms with Crippen LogP contribution in [0.5, 0.6) is 0 Å². The molecule has 0 atom stereocenters. The third kappa shape index (κ3) is 3.37. The van der Waals surface area contributed by atoms with Gasteiger partial charge in [-0.25, -0.2) is 9.18 Å². The number of hydroxylamine groups is 2. The molecule has 3 aromatic rings. The highest BCUT2D eigenvalue weighted by atomic mass is 32.2. The molecule has 1 aromatic heterocycles. The van der Waals surface area contributed by atoms with Gasteiger partial charge in [0.25, 0.3) is 17.0 Å². The van der Waals surface area contributed by atoms with Gasteiger partial charge >= 0.3 is 5.97 Å². The summed E-state index contributed by atoms with van der Waals surface area (Å²) in [5.74, 6) is -2.73. The second kappa shape index (κ2) is 7.24. The van der Waals surface area contributed by atoms with Gasteiger partial charge in [0.1, 0.15) is 11.6 Å². The smallest absolute Gasteiger partial charge is 0.343 e. The van der Waals surface area contributed by atoms with Gasteiger partial charge in [-0.3, -0.25) is 9.59 Å². The van der Waals surface area contributed by atoms with Crippen molar-refractivity contribution in [1.82, 2.24) is 15.3 Å². The molecule has 0 radical (unpaired) electrons. The zero-order valence-corrected chi connectivity index (χ0v) is 14.8. The van der Waals surface area contributed by atoms with E-state index in [0.29, 0.717) is 10.6 Å². The standard InChI is InChI=1S/C18H10FN3O5S/c19-11-7-5-10(6-8-11)15-20-21-18(26-15)28-9-14(23)27-22-16(24)12-3-1-2-4-13(12)17(22)25/h1-8H,9H2. The number of carbonyl (C=O) groups excluding carboxylic acids is 3. The van der Waals surface area contributed by atoms with E-state index < -0.39 is 23.6 Å². The first-order valence-corrected chi connectivity index (χ1v) is 8.92. The Hall–Kier alpha value is -3.53. The molecule has 8 nitrogen and oxygen atoms in total. The van der Waals surface area contributed by atoms with Gasteiger partial charge in [0.2, 0.25) is 5.89 Å². The van der Waals surface area contributed by atoms with Crippen LogP contribution in [0.4, 0.5) is 4.39 Å². The van der Waals surface area contributed by atoms with Crippen molar-refractivity contribution in [2.45, 2.75) is 5.22 Å². The first-order valence-electron chi connectivity index (χ1n) is 7.94. The monoisotopic (exact) mass is 399 g/mol. The zero-order chi connectivity index (χ0) is 19.7. The molecular formula is C18H10FN3O5S. The Morgan fingerprint density at radius 1 is 1.04 bits per heavy atom. The Morgan fingerprint density at radius 2 is 1.68 bits per heavy atom. The first-order chi connectivity index (χ1) is 13.5. The summed E-state index contributed by atoms with van der Waals surface area (Å²) >= 11 is 0.879. The molecule has 4 rings (SSSR count). The van der Waals surface area contributed by atoms with E-state index in [1.54, 1.807) is 12.1 Å².